The Hall–Kier alpha value is -3.10. The number of hydrogen-bond donors (Lipinski definition) is 2. The molecule has 2 amide bonds. The average molecular weight is 405 g/mol. The van der Waals surface area contributed by atoms with E-state index in [9.17, 15) is 19.2 Å². The number of methoxy groups -OCH3 is 1. The van der Waals surface area contributed by atoms with Gasteiger partial charge in [0, 0.05) is 18.8 Å². The Labute approximate surface area is 169 Å². The summed E-state index contributed by atoms with van der Waals surface area (Å²) in [6, 6.07) is 5.59. The quantitative estimate of drug-likeness (QED) is 0.615. The molecule has 1 atom stereocenters. The number of benzene rings is 1. The summed E-state index contributed by atoms with van der Waals surface area (Å²) in [5.74, 6) is -1.44. The van der Waals surface area contributed by atoms with Gasteiger partial charge in [-0.2, -0.15) is 0 Å². The molecule has 1 aliphatic heterocycles. The van der Waals surface area contributed by atoms with Crippen LogP contribution in [0.2, 0.25) is 0 Å². The fourth-order valence-electron chi connectivity index (χ4n) is 2.81. The Balaban J connectivity index is 1.95. The van der Waals surface area contributed by atoms with Crippen LogP contribution in [0.3, 0.4) is 0 Å². The zero-order chi connectivity index (χ0) is 21.4. The molecular weight excluding hydrogens is 378 g/mol. The highest BCUT2D eigenvalue weighted by Gasteiger charge is 2.35. The first-order valence-corrected chi connectivity index (χ1v) is 9.47. The highest BCUT2D eigenvalue weighted by Crippen LogP contribution is 2.13. The summed E-state index contributed by atoms with van der Waals surface area (Å²) >= 11 is 0. The molecular formula is C20H27N3O6. The normalized spacial score (nSPS) is 16.2. The zero-order valence-corrected chi connectivity index (χ0v) is 16.9. The lowest BCUT2D eigenvalue weighted by Gasteiger charge is -2.34. The lowest BCUT2D eigenvalue weighted by Crippen LogP contribution is -2.58. The van der Waals surface area contributed by atoms with E-state index in [2.05, 4.69) is 15.4 Å². The standard InChI is InChI=1S/C20H27N3O6/c1-13(2)12-29-18(25)10-16-19(26)21-8-9-23(16)17(24)11-22-15-6-4-14(5-7-15)20(27)28-3/h4-7,13,16,22H,8-12H2,1-3H3,(H,21,26). The number of carbonyl (C=O) groups is 4. The lowest BCUT2D eigenvalue weighted by atomic mass is 10.1. The van der Waals surface area contributed by atoms with Crippen LogP contribution in [-0.2, 0) is 23.9 Å². The second-order valence-electron chi connectivity index (χ2n) is 7.10. The second-order valence-corrected chi connectivity index (χ2v) is 7.10. The van der Waals surface area contributed by atoms with Gasteiger partial charge in [0.1, 0.15) is 6.04 Å². The smallest absolute Gasteiger partial charge is 0.337 e. The molecule has 1 aromatic rings. The van der Waals surface area contributed by atoms with E-state index >= 15 is 0 Å². The second kappa shape index (κ2) is 10.4. The highest BCUT2D eigenvalue weighted by molar-refractivity contribution is 5.93. The Bertz CT molecular complexity index is 747. The van der Waals surface area contributed by atoms with Gasteiger partial charge >= 0.3 is 11.9 Å². The fourth-order valence-corrected chi connectivity index (χ4v) is 2.81. The Morgan fingerprint density at radius 1 is 1.24 bits per heavy atom. The van der Waals surface area contributed by atoms with Crippen LogP contribution in [-0.4, -0.2) is 68.0 Å². The third-order valence-electron chi connectivity index (χ3n) is 4.34. The van der Waals surface area contributed by atoms with Crippen LogP contribution in [0, 0.1) is 5.92 Å². The monoisotopic (exact) mass is 405 g/mol. The van der Waals surface area contributed by atoms with Gasteiger partial charge in [-0.15, -0.1) is 0 Å². The molecule has 9 nitrogen and oxygen atoms in total. The molecule has 0 aromatic heterocycles. The molecule has 29 heavy (non-hydrogen) atoms. The van der Waals surface area contributed by atoms with Gasteiger partial charge in [-0.25, -0.2) is 4.79 Å². The van der Waals surface area contributed by atoms with Crippen LogP contribution in [0.5, 0.6) is 0 Å². The number of nitrogens with one attached hydrogen (secondary N) is 2. The van der Waals surface area contributed by atoms with Gasteiger partial charge in [-0.05, 0) is 30.2 Å². The van der Waals surface area contributed by atoms with Crippen molar-refractivity contribution < 1.29 is 28.7 Å². The van der Waals surface area contributed by atoms with Crippen LogP contribution >= 0.6 is 0 Å². The molecule has 2 N–H and O–H groups in total. The molecule has 9 heteroatoms. The molecule has 158 valence electrons. The van der Waals surface area contributed by atoms with Crippen molar-refractivity contribution in [3.63, 3.8) is 0 Å². The van der Waals surface area contributed by atoms with E-state index in [-0.39, 0.29) is 37.3 Å². The minimum absolute atomic E-state index is 0.0532. The number of anilines is 1. The van der Waals surface area contributed by atoms with E-state index in [1.54, 1.807) is 24.3 Å². The molecule has 1 heterocycles. The van der Waals surface area contributed by atoms with E-state index in [1.807, 2.05) is 13.8 Å². The van der Waals surface area contributed by atoms with Crippen molar-refractivity contribution in [1.82, 2.24) is 10.2 Å². The first kappa shape index (κ1) is 22.2. The lowest BCUT2D eigenvalue weighted by molar-refractivity contribution is -0.152. The van der Waals surface area contributed by atoms with Crippen molar-refractivity contribution in [3.05, 3.63) is 29.8 Å². The van der Waals surface area contributed by atoms with Crippen molar-refractivity contribution in [2.24, 2.45) is 5.92 Å². The third-order valence-corrected chi connectivity index (χ3v) is 4.34. The van der Waals surface area contributed by atoms with Gasteiger partial charge in [-0.3, -0.25) is 14.4 Å². The topological polar surface area (TPSA) is 114 Å². The van der Waals surface area contributed by atoms with Crippen molar-refractivity contribution in [1.29, 1.82) is 0 Å². The maximum atomic E-state index is 12.7. The summed E-state index contributed by atoms with van der Waals surface area (Å²) in [5, 5.41) is 5.64. The van der Waals surface area contributed by atoms with Crippen molar-refractivity contribution in [3.8, 4) is 0 Å². The fraction of sp³-hybridized carbons (Fsp3) is 0.500. The Morgan fingerprint density at radius 2 is 1.93 bits per heavy atom. The number of ether oxygens (including phenoxy) is 2. The van der Waals surface area contributed by atoms with Gasteiger partial charge in [0.15, 0.2) is 0 Å². The number of hydrogen-bond acceptors (Lipinski definition) is 7. The molecule has 1 aromatic carbocycles. The van der Waals surface area contributed by atoms with Gasteiger partial charge in [0.2, 0.25) is 11.8 Å². The molecule has 0 radical (unpaired) electrons. The minimum atomic E-state index is -0.889. The van der Waals surface area contributed by atoms with Gasteiger partial charge in [0.05, 0.1) is 32.2 Å². The Kier molecular flexibility index (Phi) is 7.99. The van der Waals surface area contributed by atoms with Crippen LogP contribution in [0.4, 0.5) is 5.69 Å². The number of esters is 2. The minimum Gasteiger partial charge on any atom is -0.465 e. The van der Waals surface area contributed by atoms with Crippen molar-refractivity contribution >= 4 is 29.4 Å². The SMILES string of the molecule is COC(=O)c1ccc(NCC(=O)N2CCNC(=O)C2CC(=O)OCC(C)C)cc1. The molecule has 0 bridgehead atoms. The first-order valence-electron chi connectivity index (χ1n) is 9.47. The van der Waals surface area contributed by atoms with Gasteiger partial charge in [-0.1, -0.05) is 13.8 Å². The molecule has 0 saturated carbocycles. The summed E-state index contributed by atoms with van der Waals surface area (Å²) in [4.78, 5) is 49.7. The summed E-state index contributed by atoms with van der Waals surface area (Å²) in [7, 11) is 1.30. The predicted octanol–water partition coefficient (Wildman–Crippen LogP) is 0.801. The van der Waals surface area contributed by atoms with Crippen molar-refractivity contribution in [2.45, 2.75) is 26.3 Å². The van der Waals surface area contributed by atoms with E-state index in [0.29, 0.717) is 24.3 Å². The van der Waals surface area contributed by atoms with Crippen LogP contribution in [0.25, 0.3) is 0 Å². The van der Waals surface area contributed by atoms with Gasteiger partial charge < -0.3 is 25.0 Å². The van der Waals surface area contributed by atoms with Crippen LogP contribution in [0.15, 0.2) is 24.3 Å². The largest absolute Gasteiger partial charge is 0.465 e. The van der Waals surface area contributed by atoms with E-state index in [0.717, 1.165) is 0 Å². The highest BCUT2D eigenvalue weighted by atomic mass is 16.5. The summed E-state index contributed by atoms with van der Waals surface area (Å²) in [6.07, 6.45) is -0.182. The van der Waals surface area contributed by atoms with E-state index in [1.165, 1.54) is 12.0 Å². The summed E-state index contributed by atoms with van der Waals surface area (Å²) in [6.45, 7) is 4.69. The van der Waals surface area contributed by atoms with Crippen LogP contribution < -0.4 is 10.6 Å². The molecule has 1 saturated heterocycles. The maximum Gasteiger partial charge on any atom is 0.337 e. The van der Waals surface area contributed by atoms with E-state index in [4.69, 9.17) is 4.74 Å². The first-order chi connectivity index (χ1) is 13.8. The van der Waals surface area contributed by atoms with Gasteiger partial charge in [0.25, 0.3) is 0 Å². The molecule has 1 fully saturated rings. The maximum absolute atomic E-state index is 12.7. The van der Waals surface area contributed by atoms with Crippen LogP contribution in [0.1, 0.15) is 30.6 Å². The number of piperazine rings is 1. The number of amides is 2. The Morgan fingerprint density at radius 3 is 2.55 bits per heavy atom. The third kappa shape index (κ3) is 6.48. The molecule has 1 unspecified atom stereocenters. The number of carbonyl (C=O) groups excluding carboxylic acids is 4. The predicted molar refractivity (Wildman–Crippen MR) is 105 cm³/mol. The molecule has 0 aliphatic carbocycles. The summed E-state index contributed by atoms with van der Waals surface area (Å²) < 4.78 is 9.78. The number of nitrogens with zero attached hydrogens (tertiary/aromatic N) is 1. The van der Waals surface area contributed by atoms with E-state index < -0.39 is 18.0 Å². The average Bonchev–Trinajstić information content (AvgIpc) is 2.71. The molecule has 2 rings (SSSR count). The zero-order valence-electron chi connectivity index (χ0n) is 16.9. The van der Waals surface area contributed by atoms with Crippen molar-refractivity contribution in [2.75, 3.05) is 38.7 Å². The molecule has 0 spiro atoms. The number of rotatable bonds is 8. The summed E-state index contributed by atoms with van der Waals surface area (Å²) in [5.41, 5.74) is 1.04. The molecule has 1 aliphatic rings.